The minimum absolute atomic E-state index is 0.190. The fourth-order valence-corrected chi connectivity index (χ4v) is 4.05. The first-order valence-corrected chi connectivity index (χ1v) is 10.5. The normalized spacial score (nSPS) is 10.4. The van der Waals surface area contributed by atoms with Crippen LogP contribution in [0.25, 0.3) is 21.0 Å². The maximum absolute atomic E-state index is 12.4. The molecule has 4 heterocycles. The van der Waals surface area contributed by atoms with E-state index in [4.69, 9.17) is 5.73 Å². The van der Waals surface area contributed by atoms with Crippen LogP contribution >= 0.6 is 22.7 Å². The first-order chi connectivity index (χ1) is 13.6. The molecule has 0 spiro atoms. The van der Waals surface area contributed by atoms with E-state index in [9.17, 15) is 4.79 Å². The van der Waals surface area contributed by atoms with Crippen molar-refractivity contribution in [2.75, 3.05) is 5.73 Å². The number of hydrogen-bond donors (Lipinski definition) is 2. The van der Waals surface area contributed by atoms with Gasteiger partial charge in [0.2, 0.25) is 0 Å². The average molecular weight is 413 g/mol. The third-order valence-electron chi connectivity index (χ3n) is 3.61. The molecule has 0 aliphatic heterocycles. The molecule has 4 aromatic rings. The molecule has 0 fully saturated rings. The monoisotopic (exact) mass is 412 g/mol. The molecule has 144 valence electrons. The Balaban J connectivity index is 0.00000109. The summed E-state index contributed by atoms with van der Waals surface area (Å²) in [5.41, 5.74) is 7.77. The largest absolute Gasteiger partial charge is 0.383 e. The second kappa shape index (κ2) is 8.85. The summed E-state index contributed by atoms with van der Waals surface area (Å²) in [6, 6.07) is 7.29. The van der Waals surface area contributed by atoms with Crippen molar-refractivity contribution in [3.63, 3.8) is 0 Å². The van der Waals surface area contributed by atoms with E-state index in [-0.39, 0.29) is 5.91 Å². The number of fused-ring (bicyclic) bond motifs is 1. The van der Waals surface area contributed by atoms with Crippen molar-refractivity contribution in [1.82, 2.24) is 25.3 Å². The van der Waals surface area contributed by atoms with Crippen molar-refractivity contribution in [2.24, 2.45) is 0 Å². The highest BCUT2D eigenvalue weighted by Crippen LogP contribution is 2.30. The van der Waals surface area contributed by atoms with Crippen molar-refractivity contribution >= 4 is 44.6 Å². The summed E-state index contributed by atoms with van der Waals surface area (Å²) in [5.74, 6) is 0.637. The van der Waals surface area contributed by atoms with E-state index in [0.29, 0.717) is 38.3 Å². The van der Waals surface area contributed by atoms with Gasteiger partial charge in [0.15, 0.2) is 10.8 Å². The Bertz CT molecular complexity index is 1090. The molecule has 0 saturated heterocycles. The number of pyridine rings is 1. The van der Waals surface area contributed by atoms with Gasteiger partial charge in [-0.25, -0.2) is 15.0 Å². The molecule has 0 saturated carbocycles. The number of aryl methyl sites for hydroxylation is 1. The van der Waals surface area contributed by atoms with E-state index < -0.39 is 0 Å². The highest BCUT2D eigenvalue weighted by Gasteiger charge is 2.16. The SMILES string of the molecule is CC.Cc1csc(-c2nc(N)c3cc(C(=O)NCc4ccccn4)sc3n2)n1. The zero-order valence-electron chi connectivity index (χ0n) is 15.8. The van der Waals surface area contributed by atoms with Crippen LogP contribution in [0, 0.1) is 6.92 Å². The molecular weight excluding hydrogens is 392 g/mol. The maximum Gasteiger partial charge on any atom is 0.261 e. The predicted octanol–water partition coefficient (Wildman–Crippen LogP) is 4.06. The molecule has 4 aromatic heterocycles. The summed E-state index contributed by atoms with van der Waals surface area (Å²) in [4.78, 5) is 31.1. The molecule has 0 unspecified atom stereocenters. The molecule has 7 nitrogen and oxygen atoms in total. The van der Waals surface area contributed by atoms with Gasteiger partial charge in [0.25, 0.3) is 5.91 Å². The molecule has 0 aliphatic carbocycles. The van der Waals surface area contributed by atoms with Crippen LogP contribution in [0.5, 0.6) is 0 Å². The molecular formula is C19H20N6OS2. The third kappa shape index (κ3) is 4.32. The summed E-state index contributed by atoms with van der Waals surface area (Å²) in [6.07, 6.45) is 1.69. The second-order valence-electron chi connectivity index (χ2n) is 5.56. The van der Waals surface area contributed by atoms with Crippen molar-refractivity contribution in [2.45, 2.75) is 27.3 Å². The van der Waals surface area contributed by atoms with Crippen LogP contribution in [0.15, 0.2) is 35.8 Å². The van der Waals surface area contributed by atoms with Gasteiger partial charge in [0, 0.05) is 17.3 Å². The number of anilines is 1. The number of nitrogen functional groups attached to an aromatic ring is 1. The van der Waals surface area contributed by atoms with Gasteiger partial charge in [-0.05, 0) is 25.1 Å². The molecule has 0 aliphatic rings. The number of carbonyl (C=O) groups is 1. The Hall–Kier alpha value is -2.91. The quantitative estimate of drug-likeness (QED) is 0.523. The summed E-state index contributed by atoms with van der Waals surface area (Å²) < 4.78 is 0. The first-order valence-electron chi connectivity index (χ1n) is 8.78. The summed E-state index contributed by atoms with van der Waals surface area (Å²) >= 11 is 2.75. The second-order valence-corrected chi connectivity index (χ2v) is 7.45. The Kier molecular flexibility index (Phi) is 6.27. The number of thiazole rings is 1. The third-order valence-corrected chi connectivity index (χ3v) is 5.60. The maximum atomic E-state index is 12.4. The molecule has 9 heteroatoms. The zero-order chi connectivity index (χ0) is 20.1. The lowest BCUT2D eigenvalue weighted by molar-refractivity contribution is 0.0954. The van der Waals surface area contributed by atoms with Crippen LogP contribution in [0.2, 0.25) is 0 Å². The molecule has 0 radical (unpaired) electrons. The first kappa shape index (κ1) is 19.8. The van der Waals surface area contributed by atoms with Crippen molar-refractivity contribution in [1.29, 1.82) is 0 Å². The lowest BCUT2D eigenvalue weighted by atomic mass is 10.3. The summed E-state index contributed by atoms with van der Waals surface area (Å²) in [7, 11) is 0. The molecule has 1 amide bonds. The van der Waals surface area contributed by atoms with E-state index in [0.717, 1.165) is 11.4 Å². The molecule has 0 atom stereocenters. The van der Waals surface area contributed by atoms with Gasteiger partial charge in [-0.1, -0.05) is 19.9 Å². The van der Waals surface area contributed by atoms with Crippen molar-refractivity contribution in [3.8, 4) is 10.8 Å². The number of nitrogens with one attached hydrogen (secondary N) is 1. The number of aromatic nitrogens is 4. The number of rotatable bonds is 4. The van der Waals surface area contributed by atoms with Gasteiger partial charge in [-0.3, -0.25) is 9.78 Å². The highest BCUT2D eigenvalue weighted by atomic mass is 32.1. The Labute approximate surface area is 170 Å². The van der Waals surface area contributed by atoms with Crippen LogP contribution in [0.4, 0.5) is 5.82 Å². The molecule has 0 aromatic carbocycles. The van der Waals surface area contributed by atoms with Crippen molar-refractivity contribution < 1.29 is 4.79 Å². The minimum atomic E-state index is -0.190. The van der Waals surface area contributed by atoms with Gasteiger partial charge in [-0.2, -0.15) is 0 Å². The lowest BCUT2D eigenvalue weighted by Gasteiger charge is -2.02. The lowest BCUT2D eigenvalue weighted by Crippen LogP contribution is -2.22. The van der Waals surface area contributed by atoms with E-state index in [1.54, 1.807) is 12.3 Å². The van der Waals surface area contributed by atoms with E-state index in [1.165, 1.54) is 22.7 Å². The number of nitrogens with two attached hydrogens (primary N) is 1. The van der Waals surface area contributed by atoms with Crippen molar-refractivity contribution in [3.05, 3.63) is 52.1 Å². The van der Waals surface area contributed by atoms with Gasteiger partial charge in [0.1, 0.15) is 10.6 Å². The number of carbonyl (C=O) groups excluding carboxylic acids is 1. The standard InChI is InChI=1S/C17H14N6OS2.C2H6/c1-9-8-25-17(21-9)14-22-13(18)11-6-12(26-16(11)23-14)15(24)20-7-10-4-2-3-5-19-10;1-2/h2-6,8H,7H2,1H3,(H,20,24)(H2,18,22,23);1-2H3. The van der Waals surface area contributed by atoms with E-state index in [1.807, 2.05) is 44.4 Å². The average Bonchev–Trinajstić information content (AvgIpc) is 3.35. The topological polar surface area (TPSA) is 107 Å². The smallest absolute Gasteiger partial charge is 0.261 e. The summed E-state index contributed by atoms with van der Waals surface area (Å²) in [6.45, 7) is 6.27. The molecule has 0 bridgehead atoms. The van der Waals surface area contributed by atoms with Gasteiger partial charge in [-0.15, -0.1) is 22.7 Å². The molecule has 3 N–H and O–H groups in total. The van der Waals surface area contributed by atoms with Gasteiger partial charge < -0.3 is 11.1 Å². The number of nitrogens with zero attached hydrogens (tertiary/aromatic N) is 4. The highest BCUT2D eigenvalue weighted by molar-refractivity contribution is 7.20. The summed E-state index contributed by atoms with van der Waals surface area (Å²) in [5, 5.41) is 6.18. The molecule has 28 heavy (non-hydrogen) atoms. The van der Waals surface area contributed by atoms with E-state index >= 15 is 0 Å². The number of amides is 1. The number of thiophene rings is 1. The van der Waals surface area contributed by atoms with Crippen LogP contribution < -0.4 is 11.1 Å². The van der Waals surface area contributed by atoms with Crippen LogP contribution in [-0.2, 0) is 6.54 Å². The van der Waals surface area contributed by atoms with Crippen LogP contribution in [-0.4, -0.2) is 25.8 Å². The van der Waals surface area contributed by atoms with Gasteiger partial charge >= 0.3 is 0 Å². The zero-order valence-corrected chi connectivity index (χ0v) is 17.4. The van der Waals surface area contributed by atoms with Crippen LogP contribution in [0.3, 0.4) is 0 Å². The number of hydrogen-bond acceptors (Lipinski definition) is 8. The van der Waals surface area contributed by atoms with Gasteiger partial charge in [0.05, 0.1) is 22.5 Å². The fourth-order valence-electron chi connectivity index (χ4n) is 2.37. The molecule has 4 rings (SSSR count). The minimum Gasteiger partial charge on any atom is -0.383 e. The Morgan fingerprint density at radius 1 is 1.21 bits per heavy atom. The fraction of sp³-hybridized carbons (Fsp3) is 0.211. The van der Waals surface area contributed by atoms with Crippen LogP contribution in [0.1, 0.15) is 34.9 Å². The van der Waals surface area contributed by atoms with E-state index in [2.05, 4.69) is 25.3 Å². The predicted molar refractivity (Wildman–Crippen MR) is 114 cm³/mol. The Morgan fingerprint density at radius 2 is 2.04 bits per heavy atom. The Morgan fingerprint density at radius 3 is 2.71 bits per heavy atom.